The number of benzene rings is 2. The summed E-state index contributed by atoms with van der Waals surface area (Å²) in [6.45, 7) is 0. The number of hydrogen-bond donors (Lipinski definition) is 0. The molecule has 1 radical (unpaired) electrons. The number of aliphatic imine (C=N–C) groups is 2. The first-order valence-corrected chi connectivity index (χ1v) is 13.8. The average Bonchev–Trinajstić information content (AvgIpc) is 2.93. The summed E-state index contributed by atoms with van der Waals surface area (Å²) in [6.07, 6.45) is 3.67. The van der Waals surface area contributed by atoms with Gasteiger partial charge in [0.05, 0.1) is 22.4 Å². The van der Waals surface area contributed by atoms with E-state index in [1.807, 2.05) is 153 Å². The topological polar surface area (TPSA) is 69.9 Å². The van der Waals surface area contributed by atoms with Crippen LogP contribution in [0.4, 0.5) is 22.7 Å². The fourth-order valence-electron chi connectivity index (χ4n) is 4.67. The molecule has 0 amide bonds. The van der Waals surface area contributed by atoms with Gasteiger partial charge in [0.2, 0.25) is 11.9 Å². The monoisotopic (exact) mass is 791 g/mol. The van der Waals surface area contributed by atoms with Crippen LogP contribution in [0.25, 0.3) is 21.8 Å². The number of hydrogen-bond acceptors (Lipinski definition) is 6. The summed E-state index contributed by atoms with van der Waals surface area (Å²) in [5.74, 6) is 1.78. The van der Waals surface area contributed by atoms with Gasteiger partial charge in [0, 0.05) is 119 Å². The van der Waals surface area contributed by atoms with Crippen molar-refractivity contribution in [3.63, 3.8) is 0 Å². The van der Waals surface area contributed by atoms with Crippen molar-refractivity contribution in [2.45, 2.75) is 0 Å². The molecule has 2 aromatic carbocycles. The minimum atomic E-state index is 0. The van der Waals surface area contributed by atoms with Crippen molar-refractivity contribution in [3.8, 4) is 0 Å². The number of halogens is 2. The number of guanidine groups is 2. The van der Waals surface area contributed by atoms with Gasteiger partial charge in [-0.1, -0.05) is 24.3 Å². The summed E-state index contributed by atoms with van der Waals surface area (Å²) in [5, 5.41) is 2.22. The number of pyridine rings is 2. The maximum atomic E-state index is 4.77. The van der Waals surface area contributed by atoms with Crippen LogP contribution in [0.15, 0.2) is 70.9 Å². The molecule has 4 rings (SSSR count). The predicted octanol–water partition coefficient (Wildman–Crippen LogP) is -1.17. The minimum absolute atomic E-state index is 0. The Morgan fingerprint density at radius 1 is 0.489 bits per heavy atom. The number of fused-ring (bicyclic) bond motifs is 2. The zero-order chi connectivity index (χ0) is 31.1. The quantitative estimate of drug-likeness (QED) is 0.146. The van der Waals surface area contributed by atoms with E-state index in [-0.39, 0.29) is 51.0 Å². The van der Waals surface area contributed by atoms with Crippen molar-refractivity contribution < 1.29 is 51.0 Å². The molecule has 2 aromatic heterocycles. The van der Waals surface area contributed by atoms with E-state index in [4.69, 9.17) is 9.98 Å². The Morgan fingerprint density at radius 3 is 1.07 bits per heavy atom. The first kappa shape index (κ1) is 41.9. The van der Waals surface area contributed by atoms with Gasteiger partial charge < -0.3 is 63.4 Å². The molecule has 0 bridgehead atoms. The van der Waals surface area contributed by atoms with E-state index in [9.17, 15) is 0 Å². The number of para-hydroxylation sites is 2. The van der Waals surface area contributed by atoms with E-state index in [0.717, 1.165) is 56.5 Å². The normalized spacial score (nSPS) is 9.69. The number of anilines is 2. The van der Waals surface area contributed by atoms with Crippen LogP contribution in [-0.2, 0) is 17.1 Å². The van der Waals surface area contributed by atoms with Gasteiger partial charge in [0.25, 0.3) is 0 Å². The zero-order valence-corrected chi connectivity index (χ0v) is 32.4. The minimum Gasteiger partial charge on any atom is -1.00 e. The molecule has 0 aliphatic rings. The maximum Gasteiger partial charge on any atom is 2.00 e. The molecule has 0 spiro atoms. The second kappa shape index (κ2) is 18.8. The number of aromatic nitrogens is 2. The first-order chi connectivity index (χ1) is 19.8. The summed E-state index contributed by atoms with van der Waals surface area (Å²) in [5.41, 5.74) is 5.90. The molecule has 0 aliphatic heterocycles. The largest absolute Gasteiger partial charge is 2.00 e. The molecule has 0 fully saturated rings. The fraction of sp³-hybridized carbons (Fsp3) is 0.375. The summed E-state index contributed by atoms with van der Waals surface area (Å²) in [6, 6.07) is 16.3. The number of nitrogens with zero attached hydrogens (tertiary/aromatic N) is 10. The van der Waals surface area contributed by atoms with Crippen LogP contribution in [0.2, 0.25) is 0 Å². The molecule has 0 aliphatic carbocycles. The van der Waals surface area contributed by atoms with E-state index >= 15 is 0 Å². The van der Waals surface area contributed by atoms with Crippen LogP contribution in [-0.4, -0.2) is 126 Å². The standard InChI is InChI=1S/2C16H23N5.2BrH.Cu/c2*1-19(2)14-10-11-17-15-12(14)8-7-9-13(15)18-16(20(3)4)21(5)6;;;/h2*7-11H,1-6H3;2*1H;/q;;;;+2/p-2. The van der Waals surface area contributed by atoms with E-state index in [1.165, 1.54) is 0 Å². The van der Waals surface area contributed by atoms with Crippen molar-refractivity contribution in [1.82, 2.24) is 29.6 Å². The third-order valence-corrected chi connectivity index (χ3v) is 6.46. The van der Waals surface area contributed by atoms with Gasteiger partial charge in [0.1, 0.15) is 0 Å². The zero-order valence-electron chi connectivity index (χ0n) is 28.3. The first-order valence-electron chi connectivity index (χ1n) is 13.8. The van der Waals surface area contributed by atoms with E-state index in [2.05, 4.69) is 31.9 Å². The second-order valence-corrected chi connectivity index (χ2v) is 11.2. The third-order valence-electron chi connectivity index (χ3n) is 6.46. The summed E-state index contributed by atoms with van der Waals surface area (Å²) >= 11 is 0. The van der Waals surface area contributed by atoms with Gasteiger partial charge in [-0.2, -0.15) is 0 Å². The smallest absolute Gasteiger partial charge is 1.00 e. The molecular weight excluding hydrogens is 748 g/mol. The van der Waals surface area contributed by atoms with Crippen LogP contribution in [0.3, 0.4) is 0 Å². The predicted molar refractivity (Wildman–Crippen MR) is 181 cm³/mol. The Kier molecular flexibility index (Phi) is 17.5. The molecule has 0 unspecified atom stereocenters. The molecule has 0 N–H and O–H groups in total. The Balaban J connectivity index is 0.000000807. The molecule has 0 saturated heterocycles. The Labute approximate surface area is 300 Å². The summed E-state index contributed by atoms with van der Waals surface area (Å²) < 4.78 is 0. The van der Waals surface area contributed by atoms with Crippen molar-refractivity contribution >= 4 is 56.5 Å². The van der Waals surface area contributed by atoms with Crippen LogP contribution in [0, 0.1) is 0 Å². The molecule has 249 valence electrons. The fourth-order valence-corrected chi connectivity index (χ4v) is 4.67. The van der Waals surface area contributed by atoms with Gasteiger partial charge in [-0.3, -0.25) is 9.97 Å². The molecular formula is C32H46Br2CuN10. The molecule has 0 atom stereocenters. The van der Waals surface area contributed by atoms with Gasteiger partial charge in [-0.05, 0) is 24.3 Å². The van der Waals surface area contributed by atoms with Gasteiger partial charge in [-0.15, -0.1) is 0 Å². The van der Waals surface area contributed by atoms with E-state index in [0.29, 0.717) is 0 Å². The molecule has 2 heterocycles. The van der Waals surface area contributed by atoms with Crippen LogP contribution in [0.5, 0.6) is 0 Å². The van der Waals surface area contributed by atoms with Gasteiger partial charge in [-0.25, -0.2) is 9.98 Å². The third kappa shape index (κ3) is 10.5. The van der Waals surface area contributed by atoms with Crippen LogP contribution in [0.1, 0.15) is 0 Å². The average molecular weight is 794 g/mol. The maximum absolute atomic E-state index is 4.77. The van der Waals surface area contributed by atoms with Crippen molar-refractivity contribution in [2.24, 2.45) is 9.98 Å². The Morgan fingerprint density at radius 2 is 0.800 bits per heavy atom. The molecule has 4 aromatic rings. The summed E-state index contributed by atoms with van der Waals surface area (Å²) in [7, 11) is 24.1. The van der Waals surface area contributed by atoms with Crippen molar-refractivity contribution in [2.75, 3.05) is 94.4 Å². The van der Waals surface area contributed by atoms with Crippen molar-refractivity contribution in [3.05, 3.63) is 60.9 Å². The van der Waals surface area contributed by atoms with E-state index in [1.54, 1.807) is 0 Å². The SMILES string of the molecule is CN(C)C(=Nc1cccc2c(N(C)C)ccnc12)N(C)C.CN(C)C(=Nc1cccc2c(N(C)C)ccnc12)N(C)C.[Br-].[Br-].[Cu+2]. The van der Waals surface area contributed by atoms with Gasteiger partial charge in [0.15, 0.2) is 0 Å². The van der Waals surface area contributed by atoms with Crippen LogP contribution >= 0.6 is 0 Å². The Bertz CT molecular complexity index is 1430. The van der Waals surface area contributed by atoms with Crippen LogP contribution < -0.4 is 43.8 Å². The Hall–Kier alpha value is -3.12. The molecule has 45 heavy (non-hydrogen) atoms. The molecule has 13 heteroatoms. The number of rotatable bonds is 4. The second-order valence-electron chi connectivity index (χ2n) is 11.2. The van der Waals surface area contributed by atoms with Gasteiger partial charge >= 0.3 is 17.1 Å². The van der Waals surface area contributed by atoms with Crippen molar-refractivity contribution in [1.29, 1.82) is 0 Å². The van der Waals surface area contributed by atoms with E-state index < -0.39 is 0 Å². The molecule has 10 nitrogen and oxygen atoms in total. The molecule has 0 saturated carbocycles. The summed E-state index contributed by atoms with van der Waals surface area (Å²) in [4.78, 5) is 30.8.